The van der Waals surface area contributed by atoms with E-state index in [1.807, 2.05) is 6.07 Å². The van der Waals surface area contributed by atoms with E-state index in [9.17, 15) is 0 Å². The summed E-state index contributed by atoms with van der Waals surface area (Å²) in [4.78, 5) is 0. The number of methoxy groups -OCH3 is 2. The Kier molecular flexibility index (Phi) is 5.72. The van der Waals surface area contributed by atoms with E-state index < -0.39 is 0 Å². The second kappa shape index (κ2) is 7.12. The number of hydrogen-bond acceptors (Lipinski definition) is 3. The van der Waals surface area contributed by atoms with Gasteiger partial charge >= 0.3 is 0 Å². The van der Waals surface area contributed by atoms with Crippen molar-refractivity contribution in [3.63, 3.8) is 0 Å². The number of anilines is 1. The lowest BCUT2D eigenvalue weighted by Gasteiger charge is -2.11. The molecule has 0 saturated heterocycles. The molecule has 1 aromatic carbocycles. The van der Waals surface area contributed by atoms with Gasteiger partial charge in [0.1, 0.15) is 5.75 Å². The zero-order chi connectivity index (χ0) is 11.8. The van der Waals surface area contributed by atoms with E-state index in [1.165, 1.54) is 5.56 Å². The lowest BCUT2D eigenvalue weighted by Crippen LogP contribution is -2.04. The summed E-state index contributed by atoms with van der Waals surface area (Å²) in [6.07, 6.45) is 2.18. The van der Waals surface area contributed by atoms with Crippen LogP contribution in [-0.4, -0.2) is 27.4 Å². The van der Waals surface area contributed by atoms with Crippen molar-refractivity contribution in [1.29, 1.82) is 0 Å². The van der Waals surface area contributed by atoms with Crippen LogP contribution in [0.1, 0.15) is 18.4 Å². The molecule has 0 unspecified atom stereocenters. The largest absolute Gasteiger partial charge is 0.495 e. The van der Waals surface area contributed by atoms with Gasteiger partial charge in [0.25, 0.3) is 0 Å². The smallest absolute Gasteiger partial charge is 0.141 e. The van der Waals surface area contributed by atoms with Gasteiger partial charge in [0, 0.05) is 20.3 Å². The highest BCUT2D eigenvalue weighted by molar-refractivity contribution is 5.57. The third-order valence-electron chi connectivity index (χ3n) is 2.45. The SMILES string of the molecule is COCCCCNc1cc(C)ccc1OC. The number of nitrogens with one attached hydrogen (secondary N) is 1. The molecule has 1 aromatic rings. The fraction of sp³-hybridized carbons (Fsp3) is 0.538. The molecule has 0 heterocycles. The minimum Gasteiger partial charge on any atom is -0.495 e. The van der Waals surface area contributed by atoms with Gasteiger partial charge in [-0.1, -0.05) is 6.07 Å². The minimum absolute atomic E-state index is 0.826. The highest BCUT2D eigenvalue weighted by Gasteiger charge is 2.01. The first-order chi connectivity index (χ1) is 7.77. The molecule has 3 nitrogen and oxygen atoms in total. The molecule has 1 N–H and O–H groups in total. The molecule has 0 spiro atoms. The summed E-state index contributed by atoms with van der Waals surface area (Å²) in [5, 5.41) is 3.38. The molecule has 0 bridgehead atoms. The average Bonchev–Trinajstić information content (AvgIpc) is 2.29. The van der Waals surface area contributed by atoms with Crippen LogP contribution in [0.5, 0.6) is 5.75 Å². The first kappa shape index (κ1) is 12.8. The van der Waals surface area contributed by atoms with E-state index in [4.69, 9.17) is 9.47 Å². The lowest BCUT2D eigenvalue weighted by atomic mass is 10.2. The Morgan fingerprint density at radius 2 is 2.00 bits per heavy atom. The summed E-state index contributed by atoms with van der Waals surface area (Å²) >= 11 is 0. The van der Waals surface area contributed by atoms with Gasteiger partial charge < -0.3 is 14.8 Å². The molecule has 0 aromatic heterocycles. The van der Waals surface area contributed by atoms with Crippen molar-refractivity contribution in [3.8, 4) is 5.75 Å². The second-order valence-corrected chi connectivity index (χ2v) is 3.83. The summed E-state index contributed by atoms with van der Waals surface area (Å²) in [5.41, 5.74) is 2.31. The Hall–Kier alpha value is -1.22. The topological polar surface area (TPSA) is 30.5 Å². The molecule has 0 fully saturated rings. The first-order valence-corrected chi connectivity index (χ1v) is 5.65. The normalized spacial score (nSPS) is 10.2. The molecular weight excluding hydrogens is 202 g/mol. The Morgan fingerprint density at radius 1 is 1.19 bits per heavy atom. The highest BCUT2D eigenvalue weighted by Crippen LogP contribution is 2.24. The molecule has 0 aliphatic heterocycles. The Balaban J connectivity index is 2.42. The maximum atomic E-state index is 5.29. The van der Waals surface area contributed by atoms with Crippen molar-refractivity contribution in [3.05, 3.63) is 23.8 Å². The van der Waals surface area contributed by atoms with Crippen LogP contribution in [0.15, 0.2) is 18.2 Å². The summed E-state index contributed by atoms with van der Waals surface area (Å²) in [7, 11) is 3.43. The highest BCUT2D eigenvalue weighted by atomic mass is 16.5. The number of aryl methyl sites for hydroxylation is 1. The molecule has 0 atom stereocenters. The zero-order valence-corrected chi connectivity index (χ0v) is 10.4. The van der Waals surface area contributed by atoms with Crippen LogP contribution in [0.2, 0.25) is 0 Å². The van der Waals surface area contributed by atoms with Crippen LogP contribution >= 0.6 is 0 Å². The van der Waals surface area contributed by atoms with Crippen LogP contribution in [-0.2, 0) is 4.74 Å². The fourth-order valence-corrected chi connectivity index (χ4v) is 1.55. The van der Waals surface area contributed by atoms with Crippen LogP contribution in [0.25, 0.3) is 0 Å². The predicted octanol–water partition coefficient (Wildman–Crippen LogP) is 2.84. The second-order valence-electron chi connectivity index (χ2n) is 3.83. The molecule has 3 heteroatoms. The van der Waals surface area contributed by atoms with E-state index >= 15 is 0 Å². The number of unbranched alkanes of at least 4 members (excludes halogenated alkanes) is 1. The minimum atomic E-state index is 0.826. The van der Waals surface area contributed by atoms with Gasteiger partial charge in [-0.15, -0.1) is 0 Å². The maximum Gasteiger partial charge on any atom is 0.141 e. The molecule has 0 amide bonds. The van der Waals surface area contributed by atoms with Gasteiger partial charge in [0.15, 0.2) is 0 Å². The quantitative estimate of drug-likeness (QED) is 0.721. The van der Waals surface area contributed by atoms with Crippen molar-refractivity contribution in [2.45, 2.75) is 19.8 Å². The first-order valence-electron chi connectivity index (χ1n) is 5.65. The predicted molar refractivity (Wildman–Crippen MR) is 67.3 cm³/mol. The van der Waals surface area contributed by atoms with Crippen LogP contribution < -0.4 is 10.1 Å². The van der Waals surface area contributed by atoms with Crippen molar-refractivity contribution >= 4 is 5.69 Å². The van der Waals surface area contributed by atoms with E-state index in [0.29, 0.717) is 0 Å². The summed E-state index contributed by atoms with van der Waals surface area (Å²) in [5.74, 6) is 0.900. The maximum absolute atomic E-state index is 5.29. The Morgan fingerprint density at radius 3 is 2.69 bits per heavy atom. The third kappa shape index (κ3) is 4.11. The molecule has 1 rings (SSSR count). The van der Waals surface area contributed by atoms with Crippen LogP contribution in [0, 0.1) is 6.92 Å². The summed E-state index contributed by atoms with van der Waals surface area (Å²) < 4.78 is 10.3. The fourth-order valence-electron chi connectivity index (χ4n) is 1.55. The van der Waals surface area contributed by atoms with Gasteiger partial charge in [-0.25, -0.2) is 0 Å². The average molecular weight is 223 g/mol. The number of hydrogen-bond donors (Lipinski definition) is 1. The van der Waals surface area contributed by atoms with Gasteiger partial charge in [0.05, 0.1) is 12.8 Å². The van der Waals surface area contributed by atoms with Crippen molar-refractivity contribution < 1.29 is 9.47 Å². The van der Waals surface area contributed by atoms with Gasteiger partial charge in [-0.2, -0.15) is 0 Å². The number of ether oxygens (including phenoxy) is 2. The van der Waals surface area contributed by atoms with Crippen molar-refractivity contribution in [2.24, 2.45) is 0 Å². The van der Waals surface area contributed by atoms with E-state index in [1.54, 1.807) is 14.2 Å². The van der Waals surface area contributed by atoms with Gasteiger partial charge in [-0.3, -0.25) is 0 Å². The van der Waals surface area contributed by atoms with Crippen LogP contribution in [0.4, 0.5) is 5.69 Å². The molecule has 0 radical (unpaired) electrons. The van der Waals surface area contributed by atoms with E-state index in [0.717, 1.165) is 37.4 Å². The number of benzene rings is 1. The monoisotopic (exact) mass is 223 g/mol. The molecule has 0 aliphatic carbocycles. The van der Waals surface area contributed by atoms with Crippen molar-refractivity contribution in [2.75, 3.05) is 32.7 Å². The molecule has 90 valence electrons. The standard InChI is InChI=1S/C13H21NO2/c1-11-6-7-13(16-3)12(10-11)14-8-4-5-9-15-2/h6-7,10,14H,4-5,8-9H2,1-3H3. The van der Waals surface area contributed by atoms with Crippen LogP contribution in [0.3, 0.4) is 0 Å². The third-order valence-corrected chi connectivity index (χ3v) is 2.45. The summed E-state index contributed by atoms with van der Waals surface area (Å²) in [6, 6.07) is 6.15. The molecule has 0 saturated carbocycles. The number of rotatable bonds is 7. The molecule has 0 aliphatic rings. The Labute approximate surface area is 97.8 Å². The zero-order valence-electron chi connectivity index (χ0n) is 10.4. The van der Waals surface area contributed by atoms with Gasteiger partial charge in [0.2, 0.25) is 0 Å². The van der Waals surface area contributed by atoms with Crippen molar-refractivity contribution in [1.82, 2.24) is 0 Å². The Bertz CT molecular complexity index is 313. The van der Waals surface area contributed by atoms with E-state index in [-0.39, 0.29) is 0 Å². The lowest BCUT2D eigenvalue weighted by molar-refractivity contribution is 0.194. The summed E-state index contributed by atoms with van der Waals surface area (Å²) in [6.45, 7) is 3.85. The molecule has 16 heavy (non-hydrogen) atoms. The van der Waals surface area contributed by atoms with E-state index in [2.05, 4.69) is 24.4 Å². The molecular formula is C13H21NO2. The van der Waals surface area contributed by atoms with Gasteiger partial charge in [-0.05, 0) is 37.5 Å².